The number of hydrogen-bond acceptors (Lipinski definition) is 3. The van der Waals surface area contributed by atoms with E-state index < -0.39 is 5.79 Å². The maximum atomic E-state index is 6.37. The third-order valence-electron chi connectivity index (χ3n) is 4.40. The van der Waals surface area contributed by atoms with Crippen molar-refractivity contribution in [1.29, 1.82) is 0 Å². The Morgan fingerprint density at radius 3 is 2.91 bits per heavy atom. The molecule has 2 heterocycles. The Kier molecular flexibility index (Phi) is 3.63. The molecule has 0 bridgehead atoms. The highest BCUT2D eigenvalue weighted by Crippen LogP contribution is 2.38. The van der Waals surface area contributed by atoms with Gasteiger partial charge in [0.25, 0.3) is 0 Å². The van der Waals surface area contributed by atoms with E-state index in [-0.39, 0.29) is 6.10 Å². The molecule has 118 valence electrons. The zero-order valence-electron chi connectivity index (χ0n) is 13.2. The molecule has 4 heteroatoms. The standard InChI is InChI=1S/C19H20N2O2/c1-15-9-12-22-19(23-15,13-21-11-10-20-14-21)18-8-4-6-16-5-2-3-7-17(16)18/h2-8,10-11,14-15H,9,12-13H2,1H3. The van der Waals surface area contributed by atoms with Gasteiger partial charge in [-0.3, -0.25) is 0 Å². The lowest BCUT2D eigenvalue weighted by atomic mass is 9.96. The van der Waals surface area contributed by atoms with Gasteiger partial charge in [-0.25, -0.2) is 4.98 Å². The van der Waals surface area contributed by atoms with Crippen LogP contribution >= 0.6 is 0 Å². The maximum absolute atomic E-state index is 6.37. The van der Waals surface area contributed by atoms with Crippen molar-refractivity contribution < 1.29 is 9.47 Å². The van der Waals surface area contributed by atoms with Gasteiger partial charge in [0.15, 0.2) is 0 Å². The molecule has 0 spiro atoms. The van der Waals surface area contributed by atoms with Gasteiger partial charge in [-0.1, -0.05) is 42.5 Å². The minimum Gasteiger partial charge on any atom is -0.344 e. The summed E-state index contributed by atoms with van der Waals surface area (Å²) in [5.74, 6) is -0.779. The van der Waals surface area contributed by atoms with Gasteiger partial charge in [-0.05, 0) is 24.1 Å². The van der Waals surface area contributed by atoms with Crippen molar-refractivity contribution in [2.75, 3.05) is 6.61 Å². The van der Waals surface area contributed by atoms with Gasteiger partial charge in [-0.2, -0.15) is 0 Å². The van der Waals surface area contributed by atoms with Crippen molar-refractivity contribution in [3.8, 4) is 0 Å². The summed E-state index contributed by atoms with van der Waals surface area (Å²) in [7, 11) is 0. The summed E-state index contributed by atoms with van der Waals surface area (Å²) in [5, 5.41) is 2.37. The molecule has 1 saturated heterocycles. The molecule has 3 aromatic rings. The summed E-state index contributed by atoms with van der Waals surface area (Å²) in [6.07, 6.45) is 6.60. The molecule has 0 aliphatic carbocycles. The van der Waals surface area contributed by atoms with Gasteiger partial charge >= 0.3 is 0 Å². The van der Waals surface area contributed by atoms with E-state index in [0.717, 1.165) is 12.0 Å². The van der Waals surface area contributed by atoms with E-state index in [9.17, 15) is 0 Å². The van der Waals surface area contributed by atoms with Crippen LogP contribution in [0.4, 0.5) is 0 Å². The molecule has 0 amide bonds. The number of hydrogen-bond donors (Lipinski definition) is 0. The van der Waals surface area contributed by atoms with Crippen LogP contribution < -0.4 is 0 Å². The third-order valence-corrected chi connectivity index (χ3v) is 4.40. The molecule has 1 aliphatic heterocycles. The van der Waals surface area contributed by atoms with E-state index in [4.69, 9.17) is 9.47 Å². The second-order valence-corrected chi connectivity index (χ2v) is 6.08. The summed E-state index contributed by atoms with van der Waals surface area (Å²) in [5.41, 5.74) is 1.08. The second kappa shape index (κ2) is 5.80. The first-order valence-electron chi connectivity index (χ1n) is 8.03. The van der Waals surface area contributed by atoms with E-state index in [2.05, 4.69) is 54.4 Å². The first-order valence-corrected chi connectivity index (χ1v) is 8.03. The number of ether oxygens (including phenoxy) is 2. The summed E-state index contributed by atoms with van der Waals surface area (Å²) in [4.78, 5) is 4.15. The molecular weight excluding hydrogens is 288 g/mol. The Hall–Kier alpha value is -2.17. The van der Waals surface area contributed by atoms with Crippen molar-refractivity contribution >= 4 is 10.8 Å². The Labute approximate surface area is 135 Å². The minimum atomic E-state index is -0.779. The van der Waals surface area contributed by atoms with E-state index in [1.165, 1.54) is 10.8 Å². The Bertz CT molecular complexity index is 795. The first-order chi connectivity index (χ1) is 11.3. The van der Waals surface area contributed by atoms with E-state index in [0.29, 0.717) is 13.2 Å². The third kappa shape index (κ3) is 2.64. The lowest BCUT2D eigenvalue weighted by Gasteiger charge is -2.41. The fourth-order valence-electron chi connectivity index (χ4n) is 3.30. The first kappa shape index (κ1) is 14.4. The average Bonchev–Trinajstić information content (AvgIpc) is 3.07. The predicted molar refractivity (Wildman–Crippen MR) is 89.0 cm³/mol. The zero-order valence-corrected chi connectivity index (χ0v) is 13.2. The number of imidazole rings is 1. The van der Waals surface area contributed by atoms with E-state index in [1.54, 1.807) is 12.5 Å². The van der Waals surface area contributed by atoms with Crippen LogP contribution in [0.1, 0.15) is 18.9 Å². The van der Waals surface area contributed by atoms with Crippen LogP contribution in [-0.4, -0.2) is 22.3 Å². The number of rotatable bonds is 3. The van der Waals surface area contributed by atoms with Crippen LogP contribution in [0.25, 0.3) is 10.8 Å². The van der Waals surface area contributed by atoms with Crippen molar-refractivity contribution in [3.05, 3.63) is 66.7 Å². The molecule has 1 aliphatic rings. The number of nitrogens with zero attached hydrogens (tertiary/aromatic N) is 2. The second-order valence-electron chi connectivity index (χ2n) is 6.08. The highest BCUT2D eigenvalue weighted by atomic mass is 16.7. The molecule has 4 rings (SSSR count). The quantitative estimate of drug-likeness (QED) is 0.740. The minimum absolute atomic E-state index is 0.159. The molecule has 2 aromatic carbocycles. The molecule has 4 nitrogen and oxygen atoms in total. The van der Waals surface area contributed by atoms with Crippen LogP contribution in [0, 0.1) is 0 Å². The van der Waals surface area contributed by atoms with Gasteiger partial charge in [0.1, 0.15) is 0 Å². The zero-order chi connectivity index (χ0) is 15.7. The molecule has 0 radical (unpaired) electrons. The summed E-state index contributed by atoms with van der Waals surface area (Å²) < 4.78 is 14.6. The van der Waals surface area contributed by atoms with Crippen LogP contribution in [0.15, 0.2) is 61.2 Å². The number of aromatic nitrogens is 2. The van der Waals surface area contributed by atoms with Crippen molar-refractivity contribution in [2.45, 2.75) is 31.8 Å². The van der Waals surface area contributed by atoms with Crippen LogP contribution in [-0.2, 0) is 21.8 Å². The van der Waals surface area contributed by atoms with Gasteiger partial charge in [0.2, 0.25) is 5.79 Å². The monoisotopic (exact) mass is 308 g/mol. The van der Waals surface area contributed by atoms with Crippen LogP contribution in [0.3, 0.4) is 0 Å². The molecule has 23 heavy (non-hydrogen) atoms. The molecule has 0 N–H and O–H groups in total. The van der Waals surface area contributed by atoms with Crippen LogP contribution in [0.5, 0.6) is 0 Å². The topological polar surface area (TPSA) is 36.3 Å². The largest absolute Gasteiger partial charge is 0.344 e. The van der Waals surface area contributed by atoms with Crippen molar-refractivity contribution in [2.24, 2.45) is 0 Å². The Balaban J connectivity index is 1.86. The Morgan fingerprint density at radius 2 is 2.09 bits per heavy atom. The van der Waals surface area contributed by atoms with Gasteiger partial charge in [0, 0.05) is 18.0 Å². The molecule has 2 unspecified atom stereocenters. The lowest BCUT2D eigenvalue weighted by Crippen LogP contribution is -2.44. The lowest BCUT2D eigenvalue weighted by molar-refractivity contribution is -0.305. The van der Waals surface area contributed by atoms with Crippen molar-refractivity contribution in [1.82, 2.24) is 9.55 Å². The highest BCUT2D eigenvalue weighted by molar-refractivity contribution is 5.86. The number of fused-ring (bicyclic) bond motifs is 1. The summed E-state index contributed by atoms with van der Waals surface area (Å²) in [6, 6.07) is 14.7. The highest BCUT2D eigenvalue weighted by Gasteiger charge is 2.40. The van der Waals surface area contributed by atoms with E-state index >= 15 is 0 Å². The molecular formula is C19H20N2O2. The fourth-order valence-corrected chi connectivity index (χ4v) is 3.30. The molecule has 1 fully saturated rings. The van der Waals surface area contributed by atoms with Gasteiger partial charge < -0.3 is 14.0 Å². The maximum Gasteiger partial charge on any atom is 0.214 e. The molecule has 2 atom stereocenters. The summed E-state index contributed by atoms with van der Waals surface area (Å²) in [6.45, 7) is 3.39. The Morgan fingerprint density at radius 1 is 1.22 bits per heavy atom. The summed E-state index contributed by atoms with van der Waals surface area (Å²) >= 11 is 0. The van der Waals surface area contributed by atoms with Gasteiger partial charge in [0.05, 0.1) is 25.6 Å². The fraction of sp³-hybridized carbons (Fsp3) is 0.316. The number of benzene rings is 2. The van der Waals surface area contributed by atoms with Gasteiger partial charge in [-0.15, -0.1) is 0 Å². The van der Waals surface area contributed by atoms with Crippen molar-refractivity contribution in [3.63, 3.8) is 0 Å². The smallest absolute Gasteiger partial charge is 0.214 e. The predicted octanol–water partition coefficient (Wildman–Crippen LogP) is 3.71. The molecule has 1 aromatic heterocycles. The van der Waals surface area contributed by atoms with E-state index in [1.807, 2.05) is 10.8 Å². The molecule has 0 saturated carbocycles. The SMILES string of the molecule is CC1CCOC(Cn2ccnc2)(c2cccc3ccccc23)O1. The van der Waals surface area contributed by atoms with Crippen LogP contribution in [0.2, 0.25) is 0 Å². The normalized spacial score (nSPS) is 24.8. The average molecular weight is 308 g/mol.